The maximum absolute atomic E-state index is 13.9. The van der Waals surface area contributed by atoms with Crippen molar-refractivity contribution in [2.45, 2.75) is 67.2 Å². The lowest BCUT2D eigenvalue weighted by Crippen LogP contribution is -2.48. The molecule has 3 aromatic rings. The van der Waals surface area contributed by atoms with E-state index in [-0.39, 0.29) is 29.7 Å². The molecule has 4 heterocycles. The minimum atomic E-state index is -0.922. The Morgan fingerprint density at radius 3 is 2.33 bits per heavy atom. The summed E-state index contributed by atoms with van der Waals surface area (Å²) < 4.78 is 5.58. The quantitative estimate of drug-likeness (QED) is 0.354. The fourth-order valence-electron chi connectivity index (χ4n) is 6.46. The van der Waals surface area contributed by atoms with E-state index in [1.54, 1.807) is 12.1 Å². The smallest absolute Gasteiger partial charge is 0.335 e. The predicted octanol–water partition coefficient (Wildman–Crippen LogP) is 5.86. The zero-order chi connectivity index (χ0) is 29.1. The highest BCUT2D eigenvalue weighted by molar-refractivity contribution is 7.99. The lowest BCUT2D eigenvalue weighted by Gasteiger charge is -2.39. The molecule has 1 aromatic heterocycles. The van der Waals surface area contributed by atoms with E-state index in [2.05, 4.69) is 52.0 Å². The molecule has 6 rings (SSSR count). The first-order valence-electron chi connectivity index (χ1n) is 14.9. The summed E-state index contributed by atoms with van der Waals surface area (Å²) in [6.45, 7) is 7.00. The second-order valence-corrected chi connectivity index (χ2v) is 12.5. The lowest BCUT2D eigenvalue weighted by molar-refractivity contribution is 0.0493. The Bertz CT molecular complexity index is 1390. The van der Waals surface area contributed by atoms with Gasteiger partial charge >= 0.3 is 12.0 Å². The molecule has 3 aliphatic heterocycles. The zero-order valence-corrected chi connectivity index (χ0v) is 24.8. The summed E-state index contributed by atoms with van der Waals surface area (Å²) >= 11 is 1.53. The van der Waals surface area contributed by atoms with Gasteiger partial charge in [-0.05, 0) is 74.1 Å². The summed E-state index contributed by atoms with van der Waals surface area (Å²) in [5.41, 5.74) is 3.73. The van der Waals surface area contributed by atoms with E-state index in [1.807, 2.05) is 24.3 Å². The van der Waals surface area contributed by atoms with Crippen LogP contribution in [0.15, 0.2) is 76.7 Å². The first kappa shape index (κ1) is 28.7. The van der Waals surface area contributed by atoms with Gasteiger partial charge in [-0.15, -0.1) is 0 Å². The Morgan fingerprint density at radius 2 is 1.67 bits per heavy atom. The zero-order valence-electron chi connectivity index (χ0n) is 24.0. The second kappa shape index (κ2) is 12.9. The van der Waals surface area contributed by atoms with Crippen molar-refractivity contribution in [1.29, 1.82) is 0 Å². The molecule has 2 amide bonds. The van der Waals surface area contributed by atoms with Gasteiger partial charge in [0.15, 0.2) is 0 Å². The summed E-state index contributed by atoms with van der Waals surface area (Å²) in [4.78, 5) is 37.6. The van der Waals surface area contributed by atoms with Crippen LogP contribution in [-0.2, 0) is 11.3 Å². The summed E-state index contributed by atoms with van der Waals surface area (Å²) in [5, 5.41) is 10.0. The third-order valence-corrected chi connectivity index (χ3v) is 9.77. The molecule has 0 aliphatic carbocycles. The van der Waals surface area contributed by atoms with Crippen LogP contribution in [0.2, 0.25) is 0 Å². The van der Waals surface area contributed by atoms with Crippen LogP contribution in [0, 0.1) is 6.92 Å². The minimum absolute atomic E-state index is 0.0925. The Balaban J connectivity index is 1.08. The van der Waals surface area contributed by atoms with Gasteiger partial charge in [0.25, 0.3) is 0 Å². The molecule has 0 spiro atoms. The molecular formula is C33H38N4O4S. The number of urea groups is 1. The number of hydrogen-bond donors (Lipinski definition) is 1. The second-order valence-electron chi connectivity index (χ2n) is 11.4. The maximum atomic E-state index is 13.9. The molecule has 1 atom stereocenters. The number of pyridine rings is 1. The third kappa shape index (κ3) is 6.33. The highest BCUT2D eigenvalue weighted by Crippen LogP contribution is 2.37. The summed E-state index contributed by atoms with van der Waals surface area (Å²) in [7, 11) is 0. The first-order chi connectivity index (χ1) is 20.5. The number of aromatic nitrogens is 1. The molecule has 0 saturated carbocycles. The van der Waals surface area contributed by atoms with Crippen molar-refractivity contribution in [3.63, 3.8) is 0 Å². The number of carboxylic acids is 1. The molecule has 220 valence electrons. The number of carbonyl (C=O) groups is 2. The molecule has 3 saturated heterocycles. The van der Waals surface area contributed by atoms with Crippen LogP contribution in [0.3, 0.4) is 0 Å². The number of benzene rings is 2. The van der Waals surface area contributed by atoms with Crippen LogP contribution in [0.5, 0.6) is 0 Å². The molecule has 0 radical (unpaired) electrons. The number of piperidine rings is 1. The fraction of sp³-hybridized carbons (Fsp3) is 0.424. The first-order valence-corrected chi connectivity index (χ1v) is 15.7. The number of carboxylic acid groups (broad SMARTS) is 1. The Morgan fingerprint density at radius 1 is 0.952 bits per heavy atom. The van der Waals surface area contributed by atoms with Crippen molar-refractivity contribution >= 4 is 23.8 Å². The van der Waals surface area contributed by atoms with Crippen LogP contribution in [0.1, 0.15) is 58.9 Å². The average Bonchev–Trinajstić information content (AvgIpc) is 3.37. The van der Waals surface area contributed by atoms with Crippen molar-refractivity contribution in [3.8, 4) is 0 Å². The van der Waals surface area contributed by atoms with Gasteiger partial charge in [-0.25, -0.2) is 14.6 Å². The van der Waals surface area contributed by atoms with Crippen molar-refractivity contribution < 1.29 is 19.4 Å². The molecule has 2 aromatic carbocycles. The third-order valence-electron chi connectivity index (χ3n) is 8.83. The topological polar surface area (TPSA) is 86.2 Å². The van der Waals surface area contributed by atoms with Crippen molar-refractivity contribution in [2.24, 2.45) is 0 Å². The van der Waals surface area contributed by atoms with Crippen molar-refractivity contribution in [2.75, 3.05) is 32.8 Å². The number of nitrogens with zero attached hydrogens (tertiary/aromatic N) is 4. The van der Waals surface area contributed by atoms with Crippen molar-refractivity contribution in [1.82, 2.24) is 19.7 Å². The average molecular weight is 587 g/mol. The summed E-state index contributed by atoms with van der Waals surface area (Å²) in [6, 6.07) is 22.4. The number of carbonyl (C=O) groups excluding carboxylic acids is 1. The van der Waals surface area contributed by atoms with Crippen LogP contribution >= 0.6 is 11.8 Å². The van der Waals surface area contributed by atoms with E-state index in [1.165, 1.54) is 22.9 Å². The van der Waals surface area contributed by atoms with E-state index < -0.39 is 5.97 Å². The standard InChI is InChI=1S/C33H38N4O4S/c1-23-26(9-12-31(34-23)42-29-10-7-25(8-11-29)32(38)39)21-35-17-13-28(14-18-35)37-30(24-5-3-2-4-6-24)22-36(33(37)40)27-15-19-41-20-16-27/h2-12,27-28,30H,13-22H2,1H3,(H,38,39). The number of likely N-dealkylation sites (tertiary alicyclic amines) is 1. The molecular weight excluding hydrogens is 548 g/mol. The van der Waals surface area contributed by atoms with Gasteiger partial charge in [0.2, 0.25) is 0 Å². The number of amides is 2. The monoisotopic (exact) mass is 586 g/mol. The van der Waals surface area contributed by atoms with Gasteiger partial charge in [0, 0.05) is 62.1 Å². The molecule has 42 heavy (non-hydrogen) atoms. The van der Waals surface area contributed by atoms with Crippen LogP contribution in [0.25, 0.3) is 0 Å². The van der Waals surface area contributed by atoms with Crippen LogP contribution in [-0.4, -0.2) is 81.7 Å². The number of ether oxygens (including phenoxy) is 1. The molecule has 9 heteroatoms. The predicted molar refractivity (Wildman–Crippen MR) is 162 cm³/mol. The number of rotatable bonds is 8. The van der Waals surface area contributed by atoms with E-state index >= 15 is 0 Å². The van der Waals surface area contributed by atoms with Gasteiger partial charge < -0.3 is 19.6 Å². The van der Waals surface area contributed by atoms with E-state index in [4.69, 9.17) is 14.8 Å². The van der Waals surface area contributed by atoms with E-state index in [9.17, 15) is 9.59 Å². The van der Waals surface area contributed by atoms with Crippen LogP contribution < -0.4 is 0 Å². The Kier molecular flexibility index (Phi) is 8.79. The van der Waals surface area contributed by atoms with E-state index in [0.717, 1.165) is 80.7 Å². The molecule has 8 nitrogen and oxygen atoms in total. The van der Waals surface area contributed by atoms with Crippen LogP contribution in [0.4, 0.5) is 4.79 Å². The summed E-state index contributed by atoms with van der Waals surface area (Å²) in [6.07, 6.45) is 3.76. The van der Waals surface area contributed by atoms with Gasteiger partial charge in [0.05, 0.1) is 11.6 Å². The largest absolute Gasteiger partial charge is 0.478 e. The minimum Gasteiger partial charge on any atom is -0.478 e. The SMILES string of the molecule is Cc1nc(Sc2ccc(C(=O)O)cc2)ccc1CN1CCC(N2C(=O)N(C3CCOCC3)CC2c2ccccc2)CC1. The van der Waals surface area contributed by atoms with Gasteiger partial charge in [-0.3, -0.25) is 4.90 Å². The maximum Gasteiger partial charge on any atom is 0.335 e. The summed E-state index contributed by atoms with van der Waals surface area (Å²) in [5.74, 6) is -0.922. The van der Waals surface area contributed by atoms with Gasteiger partial charge in [-0.1, -0.05) is 48.2 Å². The van der Waals surface area contributed by atoms with Crippen molar-refractivity contribution in [3.05, 3.63) is 89.1 Å². The number of aromatic carboxylic acids is 1. The number of hydrogen-bond acceptors (Lipinski definition) is 6. The highest BCUT2D eigenvalue weighted by atomic mass is 32.2. The Labute approximate surface area is 251 Å². The highest BCUT2D eigenvalue weighted by Gasteiger charge is 2.45. The molecule has 1 unspecified atom stereocenters. The lowest BCUT2D eigenvalue weighted by atomic mass is 9.98. The Hall–Kier alpha value is -3.40. The van der Waals surface area contributed by atoms with E-state index in [0.29, 0.717) is 0 Å². The molecule has 3 aliphatic rings. The fourth-order valence-corrected chi connectivity index (χ4v) is 7.29. The number of aryl methyl sites for hydroxylation is 1. The van der Waals surface area contributed by atoms with Gasteiger partial charge in [-0.2, -0.15) is 0 Å². The molecule has 1 N–H and O–H groups in total. The normalized spacial score (nSPS) is 20.8. The molecule has 0 bridgehead atoms. The van der Waals surface area contributed by atoms with Gasteiger partial charge in [0.1, 0.15) is 5.03 Å². The molecule has 3 fully saturated rings.